The third-order valence-electron chi connectivity index (χ3n) is 6.19. The van der Waals surface area contributed by atoms with Gasteiger partial charge in [0.25, 0.3) is 0 Å². The lowest BCUT2D eigenvalue weighted by Gasteiger charge is -2.28. The standard InChI is InChI=1S/C22H38/c1-3-7-19-11-15-21(16-12-19)9-5-6-10-22-17-13-20(8-4-2)14-18-22/h3-4,7-8,19-22H,5-6,9-18H2,1-2H3/t19-,20?,21-,22?. The third kappa shape index (κ3) is 6.31. The molecule has 2 aliphatic rings. The molecule has 0 unspecified atom stereocenters. The van der Waals surface area contributed by atoms with Crippen LogP contribution in [0, 0.1) is 23.7 Å². The van der Waals surface area contributed by atoms with Crippen molar-refractivity contribution < 1.29 is 0 Å². The highest BCUT2D eigenvalue weighted by atomic mass is 14.3. The molecule has 22 heavy (non-hydrogen) atoms. The van der Waals surface area contributed by atoms with Crippen molar-refractivity contribution >= 4 is 0 Å². The molecule has 0 radical (unpaired) electrons. The van der Waals surface area contributed by atoms with Crippen LogP contribution in [0.15, 0.2) is 24.3 Å². The Morgan fingerprint density at radius 1 is 0.591 bits per heavy atom. The molecule has 0 nitrogen and oxygen atoms in total. The van der Waals surface area contributed by atoms with Crippen LogP contribution in [-0.4, -0.2) is 0 Å². The minimum atomic E-state index is 0.897. The van der Waals surface area contributed by atoms with Gasteiger partial charge in [-0.1, -0.05) is 50.0 Å². The predicted octanol–water partition coefficient (Wildman–Crippen LogP) is 7.31. The SMILES string of the molecule is CC=CC1CCC(CCCC[C@H]2CC[C@H](C=CC)CC2)CC1. The molecule has 0 heteroatoms. The van der Waals surface area contributed by atoms with Gasteiger partial charge in [0, 0.05) is 0 Å². The van der Waals surface area contributed by atoms with E-state index in [1.807, 2.05) is 0 Å². The highest BCUT2D eigenvalue weighted by molar-refractivity contribution is 4.89. The van der Waals surface area contributed by atoms with Crippen molar-refractivity contribution in [2.75, 3.05) is 0 Å². The summed E-state index contributed by atoms with van der Waals surface area (Å²) in [5.41, 5.74) is 0. The summed E-state index contributed by atoms with van der Waals surface area (Å²) in [4.78, 5) is 0. The molecular formula is C22H38. The minimum absolute atomic E-state index is 0.897. The fourth-order valence-electron chi connectivity index (χ4n) is 4.75. The zero-order chi connectivity index (χ0) is 15.6. The van der Waals surface area contributed by atoms with Crippen molar-refractivity contribution in [3.05, 3.63) is 24.3 Å². The van der Waals surface area contributed by atoms with E-state index in [0.29, 0.717) is 0 Å². The van der Waals surface area contributed by atoms with Gasteiger partial charge in [-0.05, 0) is 88.9 Å². The largest absolute Gasteiger partial charge is 0.0914 e. The van der Waals surface area contributed by atoms with E-state index in [4.69, 9.17) is 0 Å². The van der Waals surface area contributed by atoms with Crippen LogP contribution in [0.5, 0.6) is 0 Å². The van der Waals surface area contributed by atoms with E-state index in [1.54, 1.807) is 0 Å². The fourth-order valence-corrected chi connectivity index (χ4v) is 4.75. The lowest BCUT2D eigenvalue weighted by molar-refractivity contribution is 0.268. The number of allylic oxidation sites excluding steroid dienone is 4. The van der Waals surface area contributed by atoms with Crippen LogP contribution in [0.2, 0.25) is 0 Å². The average molecular weight is 303 g/mol. The second-order valence-corrected chi connectivity index (χ2v) is 7.90. The van der Waals surface area contributed by atoms with Crippen molar-refractivity contribution in [3.8, 4) is 0 Å². The van der Waals surface area contributed by atoms with Gasteiger partial charge in [0.15, 0.2) is 0 Å². The molecule has 0 saturated heterocycles. The smallest absolute Gasteiger partial charge is 0.0233 e. The quantitative estimate of drug-likeness (QED) is 0.341. The van der Waals surface area contributed by atoms with E-state index in [9.17, 15) is 0 Å². The zero-order valence-corrected chi connectivity index (χ0v) is 15.1. The lowest BCUT2D eigenvalue weighted by atomic mass is 9.78. The molecule has 0 bridgehead atoms. The van der Waals surface area contributed by atoms with Crippen LogP contribution < -0.4 is 0 Å². The molecule has 0 atom stereocenters. The second-order valence-electron chi connectivity index (χ2n) is 7.90. The van der Waals surface area contributed by atoms with Gasteiger partial charge in [0.1, 0.15) is 0 Å². The van der Waals surface area contributed by atoms with E-state index in [-0.39, 0.29) is 0 Å². The van der Waals surface area contributed by atoms with Gasteiger partial charge in [-0.25, -0.2) is 0 Å². The Morgan fingerprint density at radius 2 is 0.955 bits per heavy atom. The summed E-state index contributed by atoms with van der Waals surface area (Å²) in [6, 6.07) is 0. The predicted molar refractivity (Wildman–Crippen MR) is 99.0 cm³/mol. The van der Waals surface area contributed by atoms with Crippen LogP contribution in [-0.2, 0) is 0 Å². The van der Waals surface area contributed by atoms with Crippen LogP contribution in [0.4, 0.5) is 0 Å². The fraction of sp³-hybridized carbons (Fsp3) is 0.818. The summed E-state index contributed by atoms with van der Waals surface area (Å²) in [7, 11) is 0. The van der Waals surface area contributed by atoms with Gasteiger partial charge in [-0.15, -0.1) is 0 Å². The molecular weight excluding hydrogens is 264 g/mol. The Morgan fingerprint density at radius 3 is 1.27 bits per heavy atom. The first-order valence-electron chi connectivity index (χ1n) is 10.1. The average Bonchev–Trinajstić information content (AvgIpc) is 2.55. The van der Waals surface area contributed by atoms with E-state index >= 15 is 0 Å². The zero-order valence-electron chi connectivity index (χ0n) is 15.1. The highest BCUT2D eigenvalue weighted by Gasteiger charge is 2.20. The Bertz CT molecular complexity index is 288. The van der Waals surface area contributed by atoms with E-state index < -0.39 is 0 Å². The minimum Gasteiger partial charge on any atom is -0.0914 e. The topological polar surface area (TPSA) is 0 Å². The first-order chi connectivity index (χ1) is 10.8. The summed E-state index contributed by atoms with van der Waals surface area (Å²) < 4.78 is 0. The number of hydrogen-bond acceptors (Lipinski definition) is 0. The van der Waals surface area contributed by atoms with Gasteiger partial charge in [0.2, 0.25) is 0 Å². The van der Waals surface area contributed by atoms with Crippen molar-refractivity contribution in [3.63, 3.8) is 0 Å². The Kier molecular flexibility index (Phi) is 8.34. The van der Waals surface area contributed by atoms with Crippen LogP contribution in [0.3, 0.4) is 0 Å². The molecule has 0 amide bonds. The maximum absolute atomic E-state index is 2.43. The van der Waals surface area contributed by atoms with Crippen LogP contribution in [0.1, 0.15) is 90.9 Å². The van der Waals surface area contributed by atoms with Gasteiger partial charge in [0.05, 0.1) is 0 Å². The molecule has 2 saturated carbocycles. The van der Waals surface area contributed by atoms with Crippen molar-refractivity contribution in [1.29, 1.82) is 0 Å². The first-order valence-corrected chi connectivity index (χ1v) is 10.1. The Labute approximate surface area is 139 Å². The summed E-state index contributed by atoms with van der Waals surface area (Å²) in [5.74, 6) is 3.89. The second kappa shape index (κ2) is 10.3. The van der Waals surface area contributed by atoms with Crippen molar-refractivity contribution in [2.45, 2.75) is 90.9 Å². The van der Waals surface area contributed by atoms with Gasteiger partial charge in [-0.2, -0.15) is 0 Å². The molecule has 0 heterocycles. The maximum Gasteiger partial charge on any atom is -0.0233 e. The van der Waals surface area contributed by atoms with Gasteiger partial charge < -0.3 is 0 Å². The maximum atomic E-state index is 2.43. The highest BCUT2D eigenvalue weighted by Crippen LogP contribution is 2.35. The number of hydrogen-bond donors (Lipinski definition) is 0. The Hall–Kier alpha value is -0.520. The lowest BCUT2D eigenvalue weighted by Crippen LogP contribution is -2.14. The summed E-state index contributed by atoms with van der Waals surface area (Å²) in [6.07, 6.45) is 27.1. The molecule has 0 spiro atoms. The summed E-state index contributed by atoms with van der Waals surface area (Å²) in [5, 5.41) is 0. The monoisotopic (exact) mass is 302 g/mol. The molecule has 0 aromatic rings. The molecule has 0 aliphatic heterocycles. The molecule has 2 aliphatic carbocycles. The first kappa shape index (κ1) is 17.8. The van der Waals surface area contributed by atoms with Crippen LogP contribution in [0.25, 0.3) is 0 Å². The number of rotatable bonds is 7. The van der Waals surface area contributed by atoms with E-state index in [1.165, 1.54) is 77.0 Å². The molecule has 126 valence electrons. The molecule has 2 fully saturated rings. The van der Waals surface area contributed by atoms with Crippen molar-refractivity contribution in [2.24, 2.45) is 23.7 Å². The number of unbranched alkanes of at least 4 members (excludes halogenated alkanes) is 1. The molecule has 0 aromatic carbocycles. The third-order valence-corrected chi connectivity index (χ3v) is 6.19. The Balaban J connectivity index is 1.50. The normalized spacial score (nSPS) is 33.7. The van der Waals surface area contributed by atoms with Crippen LogP contribution >= 0.6 is 0 Å². The van der Waals surface area contributed by atoms with E-state index in [2.05, 4.69) is 38.2 Å². The van der Waals surface area contributed by atoms with Gasteiger partial charge in [-0.3, -0.25) is 0 Å². The summed E-state index contributed by atoms with van der Waals surface area (Å²) in [6.45, 7) is 4.33. The molecule has 0 aromatic heterocycles. The van der Waals surface area contributed by atoms with Crippen molar-refractivity contribution in [1.82, 2.24) is 0 Å². The molecule has 2 rings (SSSR count). The van der Waals surface area contributed by atoms with Gasteiger partial charge >= 0.3 is 0 Å². The van der Waals surface area contributed by atoms with E-state index in [0.717, 1.165) is 23.7 Å². The molecule has 0 N–H and O–H groups in total. The summed E-state index contributed by atoms with van der Waals surface area (Å²) >= 11 is 0.